The van der Waals surface area contributed by atoms with E-state index in [-0.39, 0.29) is 17.9 Å². The van der Waals surface area contributed by atoms with E-state index in [9.17, 15) is 9.59 Å². The number of anilines is 1. The van der Waals surface area contributed by atoms with E-state index in [1.54, 1.807) is 14.2 Å². The standard InChI is InChI=1S/C24H28ClN3O4/c1-31-21-8-3-17(15-22(21)32-2)9-10-28-23(29)16-20(24(28)30)27-13-11-26(12-14-27)19-6-4-18(25)5-7-19/h3-8,15,20H,9-14,16H2,1-2H3/p+1/t20-/m1/s1. The number of carbonyl (C=O) groups is 2. The average molecular weight is 459 g/mol. The van der Waals surface area contributed by atoms with Crippen LogP contribution >= 0.6 is 11.6 Å². The van der Waals surface area contributed by atoms with Crippen molar-refractivity contribution >= 4 is 29.1 Å². The number of ether oxygens (including phenoxy) is 2. The smallest absolute Gasteiger partial charge is 0.288 e. The van der Waals surface area contributed by atoms with Crippen molar-refractivity contribution in [2.24, 2.45) is 0 Å². The highest BCUT2D eigenvalue weighted by Gasteiger charge is 2.45. The molecule has 1 N–H and O–H groups in total. The minimum absolute atomic E-state index is 0.0505. The van der Waals surface area contributed by atoms with Gasteiger partial charge in [-0.2, -0.15) is 0 Å². The van der Waals surface area contributed by atoms with Gasteiger partial charge in [-0.05, 0) is 48.4 Å². The van der Waals surface area contributed by atoms with Gasteiger partial charge in [-0.3, -0.25) is 14.5 Å². The Labute approximate surface area is 193 Å². The second-order valence-electron chi connectivity index (χ2n) is 8.20. The van der Waals surface area contributed by atoms with Crippen molar-refractivity contribution in [1.29, 1.82) is 0 Å². The zero-order valence-electron chi connectivity index (χ0n) is 18.5. The van der Waals surface area contributed by atoms with Crippen LogP contribution in [0.2, 0.25) is 5.02 Å². The van der Waals surface area contributed by atoms with Crippen molar-refractivity contribution in [3.8, 4) is 11.5 Å². The molecule has 2 aromatic rings. The lowest BCUT2D eigenvalue weighted by Gasteiger charge is -2.35. The molecule has 2 aromatic carbocycles. The van der Waals surface area contributed by atoms with E-state index < -0.39 is 0 Å². The second-order valence-corrected chi connectivity index (χ2v) is 8.64. The Morgan fingerprint density at radius 3 is 2.34 bits per heavy atom. The highest BCUT2D eigenvalue weighted by Crippen LogP contribution is 2.28. The largest absolute Gasteiger partial charge is 0.493 e. The summed E-state index contributed by atoms with van der Waals surface area (Å²) >= 11 is 5.99. The first-order valence-electron chi connectivity index (χ1n) is 10.9. The van der Waals surface area contributed by atoms with Crippen LogP contribution in [-0.2, 0) is 16.0 Å². The lowest BCUT2D eigenvalue weighted by atomic mass is 10.1. The molecule has 1 atom stereocenters. The highest BCUT2D eigenvalue weighted by atomic mass is 35.5. The summed E-state index contributed by atoms with van der Waals surface area (Å²) in [6.45, 7) is 3.74. The van der Waals surface area contributed by atoms with Crippen LogP contribution in [-0.4, -0.2) is 69.7 Å². The zero-order chi connectivity index (χ0) is 22.7. The SMILES string of the molecule is COc1ccc(CCN2C(=O)C[C@@H]([NH+]3CCN(c4ccc(Cl)cc4)CC3)C2=O)cc1OC. The molecule has 2 aliphatic rings. The molecule has 2 fully saturated rings. The van der Waals surface area contributed by atoms with Crippen molar-refractivity contribution in [2.75, 3.05) is 51.8 Å². The fourth-order valence-corrected chi connectivity index (χ4v) is 4.69. The number of piperazine rings is 1. The number of amides is 2. The lowest BCUT2D eigenvalue weighted by Crippen LogP contribution is -3.19. The van der Waals surface area contributed by atoms with Gasteiger partial charge in [-0.25, -0.2) is 0 Å². The summed E-state index contributed by atoms with van der Waals surface area (Å²) in [6.07, 6.45) is 0.880. The lowest BCUT2D eigenvalue weighted by molar-refractivity contribution is -0.915. The molecule has 32 heavy (non-hydrogen) atoms. The molecule has 0 saturated carbocycles. The molecule has 8 heteroatoms. The summed E-state index contributed by atoms with van der Waals surface area (Å²) in [4.78, 5) is 30.6. The van der Waals surface area contributed by atoms with E-state index >= 15 is 0 Å². The summed E-state index contributed by atoms with van der Waals surface area (Å²) in [7, 11) is 3.19. The molecule has 7 nitrogen and oxygen atoms in total. The van der Waals surface area contributed by atoms with Gasteiger partial charge in [0.1, 0.15) is 0 Å². The molecule has 2 heterocycles. The second kappa shape index (κ2) is 9.79. The maximum absolute atomic E-state index is 13.1. The monoisotopic (exact) mass is 458 g/mol. The quantitative estimate of drug-likeness (QED) is 0.636. The van der Waals surface area contributed by atoms with Crippen molar-refractivity contribution < 1.29 is 24.0 Å². The van der Waals surface area contributed by atoms with Gasteiger partial charge in [0.25, 0.3) is 5.91 Å². The number of rotatable bonds is 7. The van der Waals surface area contributed by atoms with Crippen molar-refractivity contribution in [2.45, 2.75) is 18.9 Å². The zero-order valence-corrected chi connectivity index (χ0v) is 19.2. The summed E-state index contributed by atoms with van der Waals surface area (Å²) in [5.41, 5.74) is 2.13. The molecule has 2 saturated heterocycles. The predicted molar refractivity (Wildman–Crippen MR) is 123 cm³/mol. The molecular weight excluding hydrogens is 430 g/mol. The fraction of sp³-hybridized carbons (Fsp3) is 0.417. The molecule has 0 bridgehead atoms. The number of halogens is 1. The molecule has 0 aliphatic carbocycles. The Morgan fingerprint density at radius 1 is 1.00 bits per heavy atom. The summed E-state index contributed by atoms with van der Waals surface area (Å²) in [5, 5.41) is 0.723. The number of imide groups is 1. The number of hydrogen-bond acceptors (Lipinski definition) is 5. The van der Waals surface area contributed by atoms with Crippen LogP contribution in [0.3, 0.4) is 0 Å². The van der Waals surface area contributed by atoms with E-state index in [0.717, 1.165) is 42.5 Å². The molecule has 2 aliphatic heterocycles. The van der Waals surface area contributed by atoms with Gasteiger partial charge in [-0.15, -0.1) is 0 Å². The number of benzene rings is 2. The van der Waals surface area contributed by atoms with Gasteiger partial charge in [-0.1, -0.05) is 17.7 Å². The van der Waals surface area contributed by atoms with Gasteiger partial charge in [0, 0.05) is 17.3 Å². The number of hydrogen-bond donors (Lipinski definition) is 1. The first-order chi connectivity index (χ1) is 15.5. The summed E-state index contributed by atoms with van der Waals surface area (Å²) < 4.78 is 10.6. The number of carbonyl (C=O) groups excluding carboxylic acids is 2. The minimum Gasteiger partial charge on any atom is -0.493 e. The Kier molecular flexibility index (Phi) is 6.86. The van der Waals surface area contributed by atoms with Crippen LogP contribution in [0.1, 0.15) is 12.0 Å². The van der Waals surface area contributed by atoms with Gasteiger partial charge in [0.15, 0.2) is 17.5 Å². The van der Waals surface area contributed by atoms with E-state index in [0.29, 0.717) is 30.9 Å². The third kappa shape index (κ3) is 4.69. The Balaban J connectivity index is 1.33. The number of nitrogens with one attached hydrogen (secondary N) is 1. The van der Waals surface area contributed by atoms with Crippen LogP contribution in [0.15, 0.2) is 42.5 Å². The Hall–Kier alpha value is -2.77. The summed E-state index contributed by atoms with van der Waals surface area (Å²) in [5.74, 6) is 1.18. The van der Waals surface area contributed by atoms with Gasteiger partial charge >= 0.3 is 0 Å². The number of nitrogens with zero attached hydrogens (tertiary/aromatic N) is 2. The number of quaternary nitrogens is 1. The average Bonchev–Trinajstić information content (AvgIpc) is 3.11. The Morgan fingerprint density at radius 2 is 1.69 bits per heavy atom. The number of methoxy groups -OCH3 is 2. The van der Waals surface area contributed by atoms with Gasteiger partial charge in [0.2, 0.25) is 5.91 Å². The van der Waals surface area contributed by atoms with E-state index in [1.165, 1.54) is 9.80 Å². The van der Waals surface area contributed by atoms with Crippen molar-refractivity contribution in [3.05, 3.63) is 53.1 Å². The van der Waals surface area contributed by atoms with Crippen LogP contribution in [0.5, 0.6) is 11.5 Å². The maximum Gasteiger partial charge on any atom is 0.288 e. The topological polar surface area (TPSA) is 63.5 Å². The fourth-order valence-electron chi connectivity index (χ4n) is 4.57. The van der Waals surface area contributed by atoms with E-state index in [4.69, 9.17) is 21.1 Å². The predicted octanol–water partition coefficient (Wildman–Crippen LogP) is 1.43. The normalized spacial score (nSPS) is 19.5. The molecular formula is C24H29ClN3O4+. The first kappa shape index (κ1) is 22.4. The van der Waals surface area contributed by atoms with Crippen molar-refractivity contribution in [1.82, 2.24) is 4.90 Å². The van der Waals surface area contributed by atoms with Crippen LogP contribution < -0.4 is 19.3 Å². The van der Waals surface area contributed by atoms with Crippen LogP contribution in [0, 0.1) is 0 Å². The van der Waals surface area contributed by atoms with Crippen LogP contribution in [0.4, 0.5) is 5.69 Å². The molecule has 0 radical (unpaired) electrons. The van der Waals surface area contributed by atoms with Crippen molar-refractivity contribution in [3.63, 3.8) is 0 Å². The van der Waals surface area contributed by atoms with E-state index in [1.807, 2.05) is 42.5 Å². The molecule has 170 valence electrons. The van der Waals surface area contributed by atoms with Crippen LogP contribution in [0.25, 0.3) is 0 Å². The first-order valence-corrected chi connectivity index (χ1v) is 11.3. The highest BCUT2D eigenvalue weighted by molar-refractivity contribution is 6.30. The third-order valence-corrected chi connectivity index (χ3v) is 6.66. The minimum atomic E-state index is -0.278. The summed E-state index contributed by atoms with van der Waals surface area (Å²) in [6, 6.07) is 13.2. The third-order valence-electron chi connectivity index (χ3n) is 6.41. The molecule has 0 spiro atoms. The van der Waals surface area contributed by atoms with E-state index in [2.05, 4.69) is 4.90 Å². The maximum atomic E-state index is 13.1. The Bertz CT molecular complexity index is 974. The number of likely N-dealkylation sites (tertiary alicyclic amines) is 1. The molecule has 2 amide bonds. The van der Waals surface area contributed by atoms with Gasteiger partial charge < -0.3 is 19.3 Å². The molecule has 0 aromatic heterocycles. The van der Waals surface area contributed by atoms with Gasteiger partial charge in [0.05, 0.1) is 46.8 Å². The molecule has 4 rings (SSSR count). The molecule has 0 unspecified atom stereocenters.